The Morgan fingerprint density at radius 1 is 1.44 bits per heavy atom. The highest BCUT2D eigenvalue weighted by Crippen LogP contribution is 2.03. The molecule has 0 aromatic rings. The molecule has 1 N–H and O–H groups in total. The number of nitrogens with zero attached hydrogens (tertiary/aromatic N) is 1. The third-order valence-corrected chi connectivity index (χ3v) is 3.05. The van der Waals surface area contributed by atoms with Crippen LogP contribution < -0.4 is 5.32 Å². The molecule has 0 spiro atoms. The van der Waals surface area contributed by atoms with E-state index in [0.717, 1.165) is 45.7 Å². The van der Waals surface area contributed by atoms with E-state index >= 15 is 0 Å². The Morgan fingerprint density at radius 3 is 2.75 bits per heavy atom. The summed E-state index contributed by atoms with van der Waals surface area (Å²) in [6, 6.07) is 0.503. The average Bonchev–Trinajstić information content (AvgIpc) is 2.79. The van der Waals surface area contributed by atoms with Crippen LogP contribution in [0.25, 0.3) is 0 Å². The molecular formula is C12H24N2O2. The van der Waals surface area contributed by atoms with Gasteiger partial charge in [0.1, 0.15) is 0 Å². The van der Waals surface area contributed by atoms with Crippen LogP contribution in [0.2, 0.25) is 0 Å². The van der Waals surface area contributed by atoms with Gasteiger partial charge in [0.15, 0.2) is 0 Å². The van der Waals surface area contributed by atoms with E-state index in [2.05, 4.69) is 5.32 Å². The minimum atomic E-state index is 0.273. The van der Waals surface area contributed by atoms with Crippen LogP contribution in [0, 0.1) is 0 Å². The first kappa shape index (κ1) is 13.5. The zero-order valence-corrected chi connectivity index (χ0v) is 10.5. The number of hydrogen-bond acceptors (Lipinski definition) is 3. The maximum Gasteiger partial charge on any atom is 0.222 e. The summed E-state index contributed by atoms with van der Waals surface area (Å²) in [6.45, 7) is 8.30. The predicted molar refractivity (Wildman–Crippen MR) is 64.4 cm³/mol. The number of rotatable bonds is 7. The lowest BCUT2D eigenvalue weighted by Gasteiger charge is -2.18. The Bertz CT molecular complexity index is 199. The summed E-state index contributed by atoms with van der Waals surface area (Å²) in [5, 5.41) is 3.42. The molecule has 1 aliphatic rings. The SMILES string of the molecule is CCN(CC)C(=O)CCCNC1CCOC1. The van der Waals surface area contributed by atoms with Gasteiger partial charge in [-0.1, -0.05) is 0 Å². The molecule has 1 aliphatic heterocycles. The van der Waals surface area contributed by atoms with Crippen LogP contribution in [-0.2, 0) is 9.53 Å². The van der Waals surface area contributed by atoms with Gasteiger partial charge in [0.05, 0.1) is 6.61 Å². The number of hydrogen-bond donors (Lipinski definition) is 1. The minimum Gasteiger partial charge on any atom is -0.380 e. The van der Waals surface area contributed by atoms with E-state index in [-0.39, 0.29) is 5.91 Å². The summed E-state index contributed by atoms with van der Waals surface area (Å²) >= 11 is 0. The van der Waals surface area contributed by atoms with Crippen molar-refractivity contribution in [2.24, 2.45) is 0 Å². The van der Waals surface area contributed by atoms with Gasteiger partial charge in [-0.2, -0.15) is 0 Å². The fourth-order valence-electron chi connectivity index (χ4n) is 1.98. The van der Waals surface area contributed by atoms with Crippen molar-refractivity contribution in [1.29, 1.82) is 0 Å². The van der Waals surface area contributed by atoms with Gasteiger partial charge in [-0.05, 0) is 33.2 Å². The first-order valence-corrected chi connectivity index (χ1v) is 6.36. The Balaban J connectivity index is 2.03. The van der Waals surface area contributed by atoms with Crippen LogP contribution in [0.5, 0.6) is 0 Å². The van der Waals surface area contributed by atoms with Crippen LogP contribution >= 0.6 is 0 Å². The van der Waals surface area contributed by atoms with E-state index in [9.17, 15) is 4.79 Å². The number of carbonyl (C=O) groups excluding carboxylic acids is 1. The van der Waals surface area contributed by atoms with Gasteiger partial charge in [-0.25, -0.2) is 0 Å². The van der Waals surface area contributed by atoms with E-state index in [1.54, 1.807) is 0 Å². The van der Waals surface area contributed by atoms with E-state index in [1.165, 1.54) is 0 Å². The van der Waals surface area contributed by atoms with Crippen LogP contribution in [0.4, 0.5) is 0 Å². The lowest BCUT2D eigenvalue weighted by atomic mass is 10.2. The normalized spacial score (nSPS) is 20.0. The van der Waals surface area contributed by atoms with Gasteiger partial charge >= 0.3 is 0 Å². The molecule has 16 heavy (non-hydrogen) atoms. The summed E-state index contributed by atoms with van der Waals surface area (Å²) in [7, 11) is 0. The molecule has 4 nitrogen and oxygen atoms in total. The van der Waals surface area contributed by atoms with Crippen molar-refractivity contribution < 1.29 is 9.53 Å². The van der Waals surface area contributed by atoms with Gasteiger partial charge in [0.2, 0.25) is 5.91 Å². The Kier molecular flexibility index (Phi) is 6.42. The van der Waals surface area contributed by atoms with Gasteiger partial charge in [-0.3, -0.25) is 4.79 Å². The molecule has 1 atom stereocenters. The van der Waals surface area contributed by atoms with Gasteiger partial charge in [0.25, 0.3) is 0 Å². The van der Waals surface area contributed by atoms with Crippen molar-refractivity contribution in [1.82, 2.24) is 10.2 Å². The van der Waals surface area contributed by atoms with E-state index in [4.69, 9.17) is 4.74 Å². The highest BCUT2D eigenvalue weighted by Gasteiger charge is 2.14. The standard InChI is InChI=1S/C12H24N2O2/c1-3-14(4-2)12(15)6-5-8-13-11-7-9-16-10-11/h11,13H,3-10H2,1-2H3. The zero-order chi connectivity index (χ0) is 11.8. The van der Waals surface area contributed by atoms with Gasteiger partial charge in [-0.15, -0.1) is 0 Å². The second-order valence-electron chi connectivity index (χ2n) is 4.18. The number of nitrogens with one attached hydrogen (secondary N) is 1. The van der Waals surface area contributed by atoms with E-state index in [1.807, 2.05) is 18.7 Å². The largest absolute Gasteiger partial charge is 0.380 e. The summed E-state index contributed by atoms with van der Waals surface area (Å²) in [5.41, 5.74) is 0. The second-order valence-corrected chi connectivity index (χ2v) is 4.18. The molecule has 1 unspecified atom stereocenters. The first-order chi connectivity index (χ1) is 7.77. The van der Waals surface area contributed by atoms with Crippen LogP contribution in [0.3, 0.4) is 0 Å². The molecule has 0 saturated carbocycles. The number of ether oxygens (including phenoxy) is 1. The molecule has 1 heterocycles. The molecule has 1 fully saturated rings. The lowest BCUT2D eigenvalue weighted by molar-refractivity contribution is -0.130. The fourth-order valence-corrected chi connectivity index (χ4v) is 1.98. The molecule has 0 radical (unpaired) electrons. The maximum absolute atomic E-state index is 11.7. The highest BCUT2D eigenvalue weighted by atomic mass is 16.5. The van der Waals surface area contributed by atoms with Crippen LogP contribution in [-0.4, -0.2) is 49.7 Å². The average molecular weight is 228 g/mol. The van der Waals surface area contributed by atoms with E-state index < -0.39 is 0 Å². The molecular weight excluding hydrogens is 204 g/mol. The molecule has 0 aliphatic carbocycles. The molecule has 4 heteroatoms. The van der Waals surface area contributed by atoms with Gasteiger partial charge < -0.3 is 15.0 Å². The number of amides is 1. The molecule has 94 valence electrons. The molecule has 0 aromatic heterocycles. The van der Waals surface area contributed by atoms with Gasteiger partial charge in [0, 0.05) is 32.2 Å². The van der Waals surface area contributed by atoms with E-state index in [0.29, 0.717) is 12.5 Å². The highest BCUT2D eigenvalue weighted by molar-refractivity contribution is 5.76. The summed E-state index contributed by atoms with van der Waals surface area (Å²) in [6.07, 6.45) is 2.68. The summed E-state index contributed by atoms with van der Waals surface area (Å²) in [5.74, 6) is 0.273. The number of carbonyl (C=O) groups is 1. The summed E-state index contributed by atoms with van der Waals surface area (Å²) in [4.78, 5) is 13.6. The molecule has 0 aromatic carbocycles. The lowest BCUT2D eigenvalue weighted by Crippen LogP contribution is -2.33. The van der Waals surface area contributed by atoms with Crippen molar-refractivity contribution in [3.8, 4) is 0 Å². The van der Waals surface area contributed by atoms with Crippen molar-refractivity contribution in [3.05, 3.63) is 0 Å². The quantitative estimate of drug-likeness (QED) is 0.661. The zero-order valence-electron chi connectivity index (χ0n) is 10.5. The van der Waals surface area contributed by atoms with Crippen molar-refractivity contribution in [3.63, 3.8) is 0 Å². The second kappa shape index (κ2) is 7.63. The van der Waals surface area contributed by atoms with Crippen molar-refractivity contribution in [2.45, 2.75) is 39.2 Å². The maximum atomic E-state index is 11.7. The fraction of sp³-hybridized carbons (Fsp3) is 0.917. The Labute approximate surface area is 98.3 Å². The smallest absolute Gasteiger partial charge is 0.222 e. The van der Waals surface area contributed by atoms with Crippen molar-refractivity contribution >= 4 is 5.91 Å². The minimum absolute atomic E-state index is 0.273. The Hall–Kier alpha value is -0.610. The topological polar surface area (TPSA) is 41.6 Å². The monoisotopic (exact) mass is 228 g/mol. The molecule has 1 amide bonds. The van der Waals surface area contributed by atoms with Crippen molar-refractivity contribution in [2.75, 3.05) is 32.8 Å². The third kappa shape index (κ3) is 4.49. The first-order valence-electron chi connectivity index (χ1n) is 6.36. The van der Waals surface area contributed by atoms with Crippen LogP contribution in [0.1, 0.15) is 33.1 Å². The predicted octanol–water partition coefficient (Wildman–Crippen LogP) is 1.01. The molecule has 0 bridgehead atoms. The molecule has 1 rings (SSSR count). The summed E-state index contributed by atoms with van der Waals surface area (Å²) < 4.78 is 5.27. The Morgan fingerprint density at radius 2 is 2.19 bits per heavy atom. The molecule has 1 saturated heterocycles. The van der Waals surface area contributed by atoms with Crippen LogP contribution in [0.15, 0.2) is 0 Å². The third-order valence-electron chi connectivity index (χ3n) is 3.05.